The van der Waals surface area contributed by atoms with Crippen molar-refractivity contribution in [1.82, 2.24) is 40.8 Å². The quantitative estimate of drug-likeness (QED) is 0.0550. The Morgan fingerprint density at radius 1 is 0.703 bits per heavy atom. The van der Waals surface area contributed by atoms with Gasteiger partial charge >= 0.3 is 12.2 Å². The van der Waals surface area contributed by atoms with E-state index in [0.717, 1.165) is 63.8 Å². The van der Waals surface area contributed by atoms with Crippen LogP contribution in [0.2, 0.25) is 0 Å². The van der Waals surface area contributed by atoms with Gasteiger partial charge in [-0.15, -0.1) is 0 Å². The second kappa shape index (κ2) is 22.5. The van der Waals surface area contributed by atoms with Crippen molar-refractivity contribution in [3.05, 3.63) is 119 Å². The number of aromatic nitrogens is 4. The third-order valence-corrected chi connectivity index (χ3v) is 15.1. The molecule has 3 saturated heterocycles. The van der Waals surface area contributed by atoms with Crippen molar-refractivity contribution in [2.45, 2.75) is 115 Å². The minimum atomic E-state index is -0.761. The van der Waals surface area contributed by atoms with E-state index in [0.29, 0.717) is 69.8 Å². The number of imidazole rings is 2. The topological polar surface area (TPSA) is 190 Å². The highest BCUT2D eigenvalue weighted by molar-refractivity contribution is 5.87. The molecule has 3 aliphatic rings. The molecule has 4 aromatic carbocycles. The Morgan fingerprint density at radius 3 is 1.96 bits per heavy atom. The molecule has 4 amide bonds. The number of fused-ring (bicyclic) bond motifs is 2. The van der Waals surface area contributed by atoms with Crippen LogP contribution in [0.4, 0.5) is 29.7 Å². The lowest BCUT2D eigenvalue weighted by atomic mass is 9.99. The zero-order chi connectivity index (χ0) is 52.2. The number of halogens is 2. The molecule has 6 aromatic rings. The maximum absolute atomic E-state index is 16.7. The fourth-order valence-electron chi connectivity index (χ4n) is 11.3. The first-order valence-electron chi connectivity index (χ1n) is 26.0. The number of ether oxygens (including phenoxy) is 2. The van der Waals surface area contributed by atoms with E-state index in [9.17, 15) is 19.2 Å². The summed E-state index contributed by atoms with van der Waals surface area (Å²) in [5.74, 6) is -0.312. The normalized spacial score (nSPS) is 19.7. The van der Waals surface area contributed by atoms with Crippen LogP contribution in [0.3, 0.4) is 0 Å². The van der Waals surface area contributed by atoms with Gasteiger partial charge in [0.15, 0.2) is 11.6 Å². The Hall–Kier alpha value is -7.24. The van der Waals surface area contributed by atoms with Gasteiger partial charge in [-0.25, -0.2) is 28.3 Å². The smallest absolute Gasteiger partial charge is 0.407 e. The molecule has 0 saturated carbocycles. The van der Waals surface area contributed by atoms with Gasteiger partial charge in [0, 0.05) is 44.2 Å². The number of methoxy groups -OCH3 is 2. The van der Waals surface area contributed by atoms with Gasteiger partial charge in [0.2, 0.25) is 11.8 Å². The first-order valence-corrected chi connectivity index (χ1v) is 26.0. The van der Waals surface area contributed by atoms with Crippen LogP contribution in [0.25, 0.3) is 22.1 Å². The molecular weight excluding hydrogens is 947 g/mol. The number of amides is 4. The number of benzene rings is 4. The number of rotatable bonds is 17. The minimum Gasteiger partial charge on any atom is -0.453 e. The molecule has 9 rings (SSSR count). The molecule has 18 heteroatoms. The summed E-state index contributed by atoms with van der Waals surface area (Å²) < 4.78 is 43.0. The number of aryl methyl sites for hydroxylation is 1. The third kappa shape index (κ3) is 11.0. The molecule has 5 N–H and O–H groups in total. The highest BCUT2D eigenvalue weighted by Gasteiger charge is 2.40. The number of carbonyl (C=O) groups is 4. The number of unbranched alkanes of at least 4 members (excludes halogenated alkanes) is 1. The number of nitrogens with zero attached hydrogens (tertiary/aromatic N) is 5. The molecule has 0 aliphatic carbocycles. The molecule has 5 heterocycles. The number of nitrogens with one attached hydrogen (secondary N) is 5. The Labute approximate surface area is 430 Å². The van der Waals surface area contributed by atoms with Gasteiger partial charge in [-0.1, -0.05) is 70.2 Å². The maximum Gasteiger partial charge on any atom is 0.407 e. The minimum absolute atomic E-state index is 0.00441. The molecule has 74 heavy (non-hydrogen) atoms. The predicted molar refractivity (Wildman–Crippen MR) is 280 cm³/mol. The van der Waals surface area contributed by atoms with Gasteiger partial charge in [0.1, 0.15) is 29.4 Å². The van der Waals surface area contributed by atoms with E-state index < -0.39 is 35.9 Å². The summed E-state index contributed by atoms with van der Waals surface area (Å²) in [5.41, 5.74) is 6.70. The summed E-state index contributed by atoms with van der Waals surface area (Å²) in [6.45, 7) is 9.51. The number of aromatic amines is 2. The number of hydrogen-bond acceptors (Lipinski definition) is 10. The Bertz CT molecular complexity index is 2960. The summed E-state index contributed by atoms with van der Waals surface area (Å²) in [5, 5.41) is 8.24. The molecule has 16 nitrogen and oxygen atoms in total. The van der Waals surface area contributed by atoms with Crippen LogP contribution >= 0.6 is 0 Å². The van der Waals surface area contributed by atoms with Crippen molar-refractivity contribution >= 4 is 57.4 Å². The van der Waals surface area contributed by atoms with E-state index in [1.807, 2.05) is 69.0 Å². The van der Waals surface area contributed by atoms with Crippen LogP contribution in [-0.2, 0) is 25.5 Å². The second-order valence-electron chi connectivity index (χ2n) is 20.6. The zero-order valence-electron chi connectivity index (χ0n) is 43.1. The third-order valence-electron chi connectivity index (χ3n) is 15.1. The van der Waals surface area contributed by atoms with Crippen LogP contribution in [-0.4, -0.2) is 101 Å². The van der Waals surface area contributed by atoms with Gasteiger partial charge in [-0.2, -0.15) is 0 Å². The molecule has 0 spiro atoms. The van der Waals surface area contributed by atoms with Crippen LogP contribution in [0.1, 0.15) is 125 Å². The largest absolute Gasteiger partial charge is 0.453 e. The number of carbonyl (C=O) groups excluding carboxylic acids is 4. The molecule has 392 valence electrons. The summed E-state index contributed by atoms with van der Waals surface area (Å²) in [7, 11) is 2.54. The van der Waals surface area contributed by atoms with E-state index in [2.05, 4.69) is 65.9 Å². The molecule has 3 aliphatic heterocycles. The van der Waals surface area contributed by atoms with E-state index in [1.54, 1.807) is 4.90 Å². The standard InChI is InChI=1S/C56H68F2N10O6/c1-32(2)49(64-55(71)73-5)53(69)59-24-11-10-16-48-60-41-19-17-35(27-43(41)61-48)45-21-22-46(68(45)38-29-39(57)51(40(58)30-38)66-26-23-37(31-66)34-13-8-7-9-14-34)36-18-20-42-44(28-36)63-52(62-42)47-15-12-25-67(47)54(70)50(33(3)4)65-56(72)74-6/h7-9,13-14,17-20,27-30,32-33,37,45-47,49-50H,10-12,15-16,21-26,31H2,1-6H3,(H,59,69)(H,60,61)(H,62,63)(H,64,71)(H,65,72)/t37?,45-,46-,47+,49+,50?/m1/s1. The van der Waals surface area contributed by atoms with Crippen LogP contribution in [0, 0.1) is 23.5 Å². The summed E-state index contributed by atoms with van der Waals surface area (Å²) >= 11 is 0. The van der Waals surface area contributed by atoms with Gasteiger partial charge < -0.3 is 50.1 Å². The lowest BCUT2D eigenvalue weighted by Crippen LogP contribution is -2.51. The molecule has 0 radical (unpaired) electrons. The van der Waals surface area contributed by atoms with Crippen LogP contribution in [0.15, 0.2) is 78.9 Å². The van der Waals surface area contributed by atoms with Crippen molar-refractivity contribution in [3.63, 3.8) is 0 Å². The fourth-order valence-corrected chi connectivity index (χ4v) is 11.3. The molecule has 0 bridgehead atoms. The monoisotopic (exact) mass is 1010 g/mol. The Balaban J connectivity index is 0.970. The molecule has 2 unspecified atom stereocenters. The predicted octanol–water partition coefficient (Wildman–Crippen LogP) is 9.66. The lowest BCUT2D eigenvalue weighted by Gasteiger charge is -2.34. The number of alkyl carbamates (subject to hydrolysis) is 2. The lowest BCUT2D eigenvalue weighted by molar-refractivity contribution is -0.135. The fraction of sp³-hybridized carbons (Fsp3) is 0.464. The summed E-state index contributed by atoms with van der Waals surface area (Å²) in [6, 6.07) is 23.0. The molecule has 3 fully saturated rings. The van der Waals surface area contributed by atoms with Crippen molar-refractivity contribution in [2.75, 3.05) is 50.2 Å². The number of hydrogen-bond donors (Lipinski definition) is 5. The highest BCUT2D eigenvalue weighted by atomic mass is 19.1. The average Bonchev–Trinajstić information content (AvgIpc) is 4.26. The van der Waals surface area contributed by atoms with Crippen molar-refractivity contribution in [2.24, 2.45) is 11.8 Å². The van der Waals surface area contributed by atoms with E-state index >= 15 is 8.78 Å². The van der Waals surface area contributed by atoms with E-state index in [1.165, 1.54) is 26.4 Å². The van der Waals surface area contributed by atoms with Crippen LogP contribution < -0.4 is 25.8 Å². The molecular formula is C56H68F2N10O6. The summed E-state index contributed by atoms with van der Waals surface area (Å²) in [6.07, 6.45) is 4.47. The van der Waals surface area contributed by atoms with Crippen molar-refractivity contribution < 1.29 is 37.4 Å². The maximum atomic E-state index is 16.7. The van der Waals surface area contributed by atoms with Gasteiger partial charge in [-0.05, 0) is 110 Å². The highest BCUT2D eigenvalue weighted by Crippen LogP contribution is 2.49. The zero-order valence-corrected chi connectivity index (χ0v) is 43.1. The first-order chi connectivity index (χ1) is 35.7. The van der Waals surface area contributed by atoms with Crippen molar-refractivity contribution in [3.8, 4) is 0 Å². The Kier molecular flexibility index (Phi) is 15.7. The summed E-state index contributed by atoms with van der Waals surface area (Å²) in [4.78, 5) is 73.4. The molecule has 6 atom stereocenters. The van der Waals surface area contributed by atoms with E-state index in [4.69, 9.17) is 14.7 Å². The average molecular weight is 1020 g/mol. The number of likely N-dealkylation sites (tertiary alicyclic amines) is 1. The van der Waals surface area contributed by atoms with E-state index in [-0.39, 0.29) is 53.4 Å². The number of H-pyrrole nitrogens is 2. The second-order valence-corrected chi connectivity index (χ2v) is 20.6. The van der Waals surface area contributed by atoms with Crippen molar-refractivity contribution in [1.29, 1.82) is 0 Å². The SMILES string of the molecule is COC(=O)NC(C(=O)N1CCC[C@H]1c1nc2ccc([C@H]3CC[C@H](c4ccc5nc(CCCCNC(=O)[C@@H](NC(=O)OC)C(C)C)[nH]c5c4)N3c3cc(F)c(N4CCC(c5ccccc5)C4)c(F)c3)cc2[nH]1)C(C)C. The first kappa shape index (κ1) is 51.7. The Morgan fingerprint density at radius 2 is 1.32 bits per heavy atom. The number of anilines is 2. The van der Waals surface area contributed by atoms with Crippen LogP contribution in [0.5, 0.6) is 0 Å². The van der Waals surface area contributed by atoms with Gasteiger partial charge in [0.05, 0.1) is 54.4 Å². The van der Waals surface area contributed by atoms with Gasteiger partial charge in [0.25, 0.3) is 0 Å². The molecule has 2 aromatic heterocycles. The van der Waals surface area contributed by atoms with Gasteiger partial charge in [-0.3, -0.25) is 9.59 Å².